The zero-order valence-electron chi connectivity index (χ0n) is 21.3. The van der Waals surface area contributed by atoms with Crippen LogP contribution in [0.15, 0.2) is 42.6 Å². The number of rotatable bonds is 6. The summed E-state index contributed by atoms with van der Waals surface area (Å²) in [5.41, 5.74) is 1.50. The lowest BCUT2D eigenvalue weighted by Crippen LogP contribution is -2.51. The Morgan fingerprint density at radius 2 is 1.83 bits per heavy atom. The summed E-state index contributed by atoms with van der Waals surface area (Å²) >= 11 is 0. The van der Waals surface area contributed by atoms with Crippen LogP contribution in [0.1, 0.15) is 76.5 Å². The molecule has 0 bridgehead atoms. The molecular weight excluding hydrogens is 459 g/mol. The van der Waals surface area contributed by atoms with Gasteiger partial charge in [0.15, 0.2) is 0 Å². The highest BCUT2D eigenvalue weighted by molar-refractivity contribution is 6.04. The third-order valence-electron chi connectivity index (χ3n) is 7.20. The van der Waals surface area contributed by atoms with E-state index in [1.165, 1.54) is 17.2 Å². The number of aliphatic hydroxyl groups excluding tert-OH is 1. The molecule has 2 amide bonds. The Kier molecular flexibility index (Phi) is 8.05. The molecule has 194 valence electrons. The molecule has 0 spiro atoms. The minimum atomic E-state index is -1.24. The molecule has 2 aromatic rings. The van der Waals surface area contributed by atoms with Gasteiger partial charge in [-0.25, -0.2) is 4.98 Å². The number of amides is 2. The number of hydrogen-bond donors (Lipinski definition) is 3. The maximum Gasteiger partial charge on any atom is 0.248 e. The van der Waals surface area contributed by atoms with Gasteiger partial charge in [-0.2, -0.15) is 4.39 Å². The Labute approximate surface area is 212 Å². The SMILES string of the molecule is CC(C)(C)c1ccc(N(C(=O)C2CC(O)CN2)C(C(=O)NC2CCCCC2)c2cccnc2F)cc1. The highest BCUT2D eigenvalue weighted by Crippen LogP contribution is 2.33. The number of β-amino-alcohol motifs (C(OH)–C–C–N with tert-alkyl or cyclic N) is 1. The van der Waals surface area contributed by atoms with E-state index in [-0.39, 0.29) is 35.9 Å². The van der Waals surface area contributed by atoms with Gasteiger partial charge in [0.25, 0.3) is 0 Å². The lowest BCUT2D eigenvalue weighted by molar-refractivity contribution is -0.128. The molecule has 1 saturated heterocycles. The van der Waals surface area contributed by atoms with Crippen molar-refractivity contribution in [3.63, 3.8) is 0 Å². The minimum absolute atomic E-state index is 0.0138. The van der Waals surface area contributed by atoms with E-state index in [4.69, 9.17) is 0 Å². The Balaban J connectivity index is 1.78. The summed E-state index contributed by atoms with van der Waals surface area (Å²) in [5.74, 6) is -1.60. The van der Waals surface area contributed by atoms with Gasteiger partial charge in [0.1, 0.15) is 6.04 Å². The van der Waals surface area contributed by atoms with Crippen LogP contribution in [0.25, 0.3) is 0 Å². The fraction of sp³-hybridized carbons (Fsp3) is 0.536. The molecule has 1 aliphatic carbocycles. The van der Waals surface area contributed by atoms with Crippen LogP contribution in [-0.4, -0.2) is 46.6 Å². The molecule has 36 heavy (non-hydrogen) atoms. The topological polar surface area (TPSA) is 94.6 Å². The van der Waals surface area contributed by atoms with E-state index < -0.39 is 30.0 Å². The first-order valence-electron chi connectivity index (χ1n) is 12.9. The first-order valence-corrected chi connectivity index (χ1v) is 12.9. The smallest absolute Gasteiger partial charge is 0.248 e. The van der Waals surface area contributed by atoms with E-state index in [1.54, 1.807) is 18.2 Å². The molecule has 1 aromatic heterocycles. The van der Waals surface area contributed by atoms with Crippen LogP contribution in [-0.2, 0) is 15.0 Å². The number of hydrogen-bond acceptors (Lipinski definition) is 5. The Morgan fingerprint density at radius 1 is 1.14 bits per heavy atom. The first kappa shape index (κ1) is 26.2. The van der Waals surface area contributed by atoms with E-state index >= 15 is 4.39 Å². The summed E-state index contributed by atoms with van der Waals surface area (Å²) in [7, 11) is 0. The molecule has 1 aliphatic heterocycles. The summed E-state index contributed by atoms with van der Waals surface area (Å²) in [5, 5.41) is 16.2. The molecular formula is C28H37FN4O3. The quantitative estimate of drug-likeness (QED) is 0.530. The normalized spacial score (nSPS) is 21.7. The van der Waals surface area contributed by atoms with Crippen molar-refractivity contribution in [3.8, 4) is 0 Å². The number of aromatic nitrogens is 1. The van der Waals surface area contributed by atoms with Crippen LogP contribution in [0, 0.1) is 5.95 Å². The molecule has 3 N–H and O–H groups in total. The summed E-state index contributed by atoms with van der Waals surface area (Å²) in [6.07, 6.45) is 5.80. The van der Waals surface area contributed by atoms with Crippen molar-refractivity contribution < 1.29 is 19.1 Å². The third kappa shape index (κ3) is 5.93. The van der Waals surface area contributed by atoms with E-state index in [2.05, 4.69) is 36.4 Å². The van der Waals surface area contributed by atoms with Crippen molar-refractivity contribution in [2.24, 2.45) is 0 Å². The molecule has 3 atom stereocenters. The second kappa shape index (κ2) is 11.0. The molecule has 0 radical (unpaired) electrons. The van der Waals surface area contributed by atoms with Crippen LogP contribution >= 0.6 is 0 Å². The fourth-order valence-electron chi connectivity index (χ4n) is 5.13. The Bertz CT molecular complexity index is 1060. The van der Waals surface area contributed by atoms with E-state index in [0.29, 0.717) is 5.69 Å². The lowest BCUT2D eigenvalue weighted by Gasteiger charge is -2.35. The van der Waals surface area contributed by atoms with Crippen molar-refractivity contribution in [3.05, 3.63) is 59.7 Å². The summed E-state index contributed by atoms with van der Waals surface area (Å²) in [4.78, 5) is 32.9. The minimum Gasteiger partial charge on any atom is -0.392 e. The summed E-state index contributed by atoms with van der Waals surface area (Å²) in [6.45, 7) is 6.58. The molecule has 1 aromatic carbocycles. The monoisotopic (exact) mass is 496 g/mol. The van der Waals surface area contributed by atoms with Crippen LogP contribution in [0.2, 0.25) is 0 Å². The maximum absolute atomic E-state index is 15.1. The van der Waals surface area contributed by atoms with Gasteiger partial charge in [-0.3, -0.25) is 14.5 Å². The fourth-order valence-corrected chi connectivity index (χ4v) is 5.13. The van der Waals surface area contributed by atoms with Gasteiger partial charge in [-0.15, -0.1) is 0 Å². The van der Waals surface area contributed by atoms with Gasteiger partial charge in [0.2, 0.25) is 17.8 Å². The van der Waals surface area contributed by atoms with Gasteiger partial charge in [0, 0.05) is 30.0 Å². The average Bonchev–Trinajstić information content (AvgIpc) is 3.29. The zero-order valence-corrected chi connectivity index (χ0v) is 21.3. The number of carbonyl (C=O) groups is 2. The van der Waals surface area contributed by atoms with Crippen LogP contribution in [0.3, 0.4) is 0 Å². The molecule has 7 nitrogen and oxygen atoms in total. The number of benzene rings is 1. The third-order valence-corrected chi connectivity index (χ3v) is 7.20. The van der Waals surface area contributed by atoms with Gasteiger partial charge in [0.05, 0.1) is 12.1 Å². The van der Waals surface area contributed by atoms with Gasteiger partial charge < -0.3 is 15.7 Å². The number of anilines is 1. The van der Waals surface area contributed by atoms with E-state index in [0.717, 1.165) is 37.7 Å². The molecule has 4 rings (SSSR count). The average molecular weight is 497 g/mol. The van der Waals surface area contributed by atoms with Crippen molar-refractivity contribution in [1.82, 2.24) is 15.6 Å². The number of nitrogens with one attached hydrogen (secondary N) is 2. The number of halogens is 1. The van der Waals surface area contributed by atoms with Gasteiger partial charge >= 0.3 is 0 Å². The molecule has 2 heterocycles. The van der Waals surface area contributed by atoms with E-state index in [9.17, 15) is 14.7 Å². The number of aliphatic hydroxyl groups is 1. The number of pyridine rings is 1. The second-order valence-corrected chi connectivity index (χ2v) is 11.0. The number of nitrogens with zero attached hydrogens (tertiary/aromatic N) is 2. The maximum atomic E-state index is 15.1. The standard InChI is InChI=1S/C28H37FN4O3/c1-28(2,3)18-11-13-20(14-12-18)33(27(36)23-16-21(34)17-31-23)24(22-10-7-15-30-25(22)29)26(35)32-19-8-5-4-6-9-19/h7,10-15,19,21,23-24,31,34H,4-6,8-9,16-17H2,1-3H3,(H,32,35). The second-order valence-electron chi connectivity index (χ2n) is 11.0. The highest BCUT2D eigenvalue weighted by Gasteiger charge is 2.40. The van der Waals surface area contributed by atoms with Crippen molar-refractivity contribution in [2.75, 3.05) is 11.4 Å². The lowest BCUT2D eigenvalue weighted by atomic mass is 9.87. The van der Waals surface area contributed by atoms with Crippen LogP contribution in [0.5, 0.6) is 0 Å². The van der Waals surface area contributed by atoms with Crippen molar-refractivity contribution in [2.45, 2.75) is 88.9 Å². The van der Waals surface area contributed by atoms with Gasteiger partial charge in [-0.05, 0) is 48.4 Å². The predicted molar refractivity (Wildman–Crippen MR) is 137 cm³/mol. The Morgan fingerprint density at radius 3 is 2.42 bits per heavy atom. The molecule has 8 heteroatoms. The zero-order chi connectivity index (χ0) is 25.9. The summed E-state index contributed by atoms with van der Waals surface area (Å²) < 4.78 is 15.1. The first-order chi connectivity index (χ1) is 17.1. The predicted octanol–water partition coefficient (Wildman–Crippen LogP) is 3.76. The Hall–Kier alpha value is -2.84. The van der Waals surface area contributed by atoms with Crippen LogP contribution in [0.4, 0.5) is 10.1 Å². The summed E-state index contributed by atoms with van der Waals surface area (Å²) in [6, 6.07) is 8.61. The van der Waals surface area contributed by atoms with Crippen LogP contribution < -0.4 is 15.5 Å². The number of carbonyl (C=O) groups excluding carboxylic acids is 2. The van der Waals surface area contributed by atoms with Crippen molar-refractivity contribution in [1.29, 1.82) is 0 Å². The molecule has 3 unspecified atom stereocenters. The van der Waals surface area contributed by atoms with Crippen molar-refractivity contribution >= 4 is 17.5 Å². The molecule has 2 fully saturated rings. The van der Waals surface area contributed by atoms with E-state index in [1.807, 2.05) is 12.1 Å². The molecule has 1 saturated carbocycles. The molecule has 2 aliphatic rings. The van der Waals surface area contributed by atoms with Gasteiger partial charge in [-0.1, -0.05) is 58.2 Å². The largest absolute Gasteiger partial charge is 0.392 e. The highest BCUT2D eigenvalue weighted by atomic mass is 19.1.